The van der Waals surface area contributed by atoms with Crippen LogP contribution in [0.4, 0.5) is 0 Å². The Balaban J connectivity index is 3.06. The zero-order valence-corrected chi connectivity index (χ0v) is 8.14. The van der Waals surface area contributed by atoms with Crippen molar-refractivity contribution in [3.05, 3.63) is 26.6 Å². The SMILES string of the molecule is C#CCCn1ncc(Cl)c(Cl)c1=O. The summed E-state index contributed by atoms with van der Waals surface area (Å²) >= 11 is 11.2. The molecular formula is C8H6Cl2N2O. The van der Waals surface area contributed by atoms with Gasteiger partial charge in [0.15, 0.2) is 0 Å². The lowest BCUT2D eigenvalue weighted by atomic mass is 10.4. The van der Waals surface area contributed by atoms with Gasteiger partial charge in [0.05, 0.1) is 17.8 Å². The van der Waals surface area contributed by atoms with E-state index in [1.165, 1.54) is 10.9 Å². The second-order valence-electron chi connectivity index (χ2n) is 2.29. The van der Waals surface area contributed by atoms with Gasteiger partial charge in [-0.05, 0) is 0 Å². The molecule has 1 aromatic rings. The van der Waals surface area contributed by atoms with Crippen molar-refractivity contribution in [3.8, 4) is 12.3 Å². The minimum atomic E-state index is -0.413. The fourth-order valence-electron chi connectivity index (χ4n) is 0.775. The van der Waals surface area contributed by atoms with Gasteiger partial charge < -0.3 is 0 Å². The van der Waals surface area contributed by atoms with E-state index in [9.17, 15) is 4.79 Å². The van der Waals surface area contributed by atoms with Gasteiger partial charge >= 0.3 is 0 Å². The van der Waals surface area contributed by atoms with Crippen molar-refractivity contribution in [2.24, 2.45) is 0 Å². The second kappa shape index (κ2) is 4.31. The molecule has 0 fully saturated rings. The lowest BCUT2D eigenvalue weighted by molar-refractivity contribution is 0.591. The van der Waals surface area contributed by atoms with Crippen LogP contribution >= 0.6 is 23.2 Å². The first kappa shape index (κ1) is 10.1. The highest BCUT2D eigenvalue weighted by Crippen LogP contribution is 2.14. The molecule has 13 heavy (non-hydrogen) atoms. The molecule has 0 saturated heterocycles. The first-order valence-electron chi connectivity index (χ1n) is 3.51. The first-order valence-corrected chi connectivity index (χ1v) is 4.27. The second-order valence-corrected chi connectivity index (χ2v) is 3.07. The molecule has 0 saturated carbocycles. The predicted molar refractivity (Wildman–Crippen MR) is 52.0 cm³/mol. The molecule has 0 spiro atoms. The quantitative estimate of drug-likeness (QED) is 0.704. The zero-order valence-electron chi connectivity index (χ0n) is 6.63. The standard InChI is InChI=1S/C8H6Cl2N2O/c1-2-3-4-12-8(13)7(10)6(9)5-11-12/h1,5H,3-4H2. The maximum absolute atomic E-state index is 11.3. The Bertz CT molecular complexity index is 406. The number of nitrogens with zero attached hydrogens (tertiary/aromatic N) is 2. The molecule has 68 valence electrons. The molecule has 0 bridgehead atoms. The van der Waals surface area contributed by atoms with Gasteiger partial charge in [0.2, 0.25) is 0 Å². The summed E-state index contributed by atoms with van der Waals surface area (Å²) in [7, 11) is 0. The molecule has 1 aromatic heterocycles. The lowest BCUT2D eigenvalue weighted by Gasteiger charge is -2.01. The largest absolute Gasteiger partial charge is 0.287 e. The van der Waals surface area contributed by atoms with Gasteiger partial charge in [-0.2, -0.15) is 5.10 Å². The topological polar surface area (TPSA) is 34.9 Å². The highest BCUT2D eigenvalue weighted by molar-refractivity contribution is 6.41. The van der Waals surface area contributed by atoms with Gasteiger partial charge in [-0.1, -0.05) is 23.2 Å². The van der Waals surface area contributed by atoms with E-state index in [2.05, 4.69) is 11.0 Å². The molecule has 0 aliphatic heterocycles. The molecule has 1 heterocycles. The molecule has 0 atom stereocenters. The summed E-state index contributed by atoms with van der Waals surface area (Å²) < 4.78 is 1.19. The molecule has 0 aliphatic carbocycles. The minimum absolute atomic E-state index is 0.0197. The first-order chi connectivity index (χ1) is 6.16. The molecule has 1 rings (SSSR count). The van der Waals surface area contributed by atoms with E-state index in [-0.39, 0.29) is 10.0 Å². The van der Waals surface area contributed by atoms with E-state index in [0.717, 1.165) is 0 Å². The Morgan fingerprint density at radius 3 is 2.92 bits per heavy atom. The number of hydrogen-bond donors (Lipinski definition) is 0. The average molecular weight is 217 g/mol. The van der Waals surface area contributed by atoms with Gasteiger partial charge in [0, 0.05) is 6.42 Å². The Morgan fingerprint density at radius 1 is 1.62 bits per heavy atom. The van der Waals surface area contributed by atoms with Crippen LogP contribution in [0, 0.1) is 12.3 Å². The van der Waals surface area contributed by atoms with Gasteiger partial charge in [0.25, 0.3) is 5.56 Å². The molecule has 0 amide bonds. The Morgan fingerprint density at radius 2 is 2.31 bits per heavy atom. The fraction of sp³-hybridized carbons (Fsp3) is 0.250. The van der Waals surface area contributed by atoms with Crippen LogP contribution in [0.25, 0.3) is 0 Å². The normalized spacial score (nSPS) is 9.62. The summed E-state index contributed by atoms with van der Waals surface area (Å²) in [6.45, 7) is 0.353. The third kappa shape index (κ3) is 2.24. The number of hydrogen-bond acceptors (Lipinski definition) is 2. The van der Waals surface area contributed by atoms with E-state index < -0.39 is 5.56 Å². The smallest absolute Gasteiger partial charge is 0.266 e. The molecule has 3 nitrogen and oxygen atoms in total. The van der Waals surface area contributed by atoms with E-state index in [1.54, 1.807) is 0 Å². The van der Waals surface area contributed by atoms with Crippen molar-refractivity contribution in [1.82, 2.24) is 9.78 Å². The number of terminal acetylenes is 1. The van der Waals surface area contributed by atoms with Crippen LogP contribution in [-0.2, 0) is 6.54 Å². The molecule has 0 aromatic carbocycles. The Kier molecular flexibility index (Phi) is 3.35. The van der Waals surface area contributed by atoms with Crippen molar-refractivity contribution in [2.75, 3.05) is 0 Å². The molecule has 0 radical (unpaired) electrons. The number of aromatic nitrogens is 2. The van der Waals surface area contributed by atoms with Crippen LogP contribution in [0.2, 0.25) is 10.0 Å². The maximum atomic E-state index is 11.3. The molecule has 0 aliphatic rings. The Labute approximate surface area is 85.3 Å². The number of halogens is 2. The zero-order chi connectivity index (χ0) is 9.84. The van der Waals surface area contributed by atoms with Gasteiger partial charge in [-0.25, -0.2) is 4.68 Å². The summed E-state index contributed by atoms with van der Waals surface area (Å²) in [6.07, 6.45) is 6.80. The van der Waals surface area contributed by atoms with Crippen LogP contribution in [0.15, 0.2) is 11.0 Å². The van der Waals surface area contributed by atoms with E-state index in [0.29, 0.717) is 13.0 Å². The highest BCUT2D eigenvalue weighted by Gasteiger charge is 2.05. The predicted octanol–water partition coefficient (Wildman–Crippen LogP) is 1.57. The third-order valence-electron chi connectivity index (χ3n) is 1.41. The molecule has 5 heteroatoms. The Hall–Kier alpha value is -0.980. The van der Waals surface area contributed by atoms with Gasteiger partial charge in [0.1, 0.15) is 5.02 Å². The maximum Gasteiger partial charge on any atom is 0.287 e. The van der Waals surface area contributed by atoms with Crippen molar-refractivity contribution in [1.29, 1.82) is 0 Å². The summed E-state index contributed by atoms with van der Waals surface area (Å²) in [5, 5.41) is 3.90. The van der Waals surface area contributed by atoms with Crippen molar-refractivity contribution in [3.63, 3.8) is 0 Å². The van der Waals surface area contributed by atoms with Crippen LogP contribution in [0.3, 0.4) is 0 Å². The van der Waals surface area contributed by atoms with Crippen molar-refractivity contribution < 1.29 is 0 Å². The fourth-order valence-corrected chi connectivity index (χ4v) is 1.05. The summed E-state index contributed by atoms with van der Waals surface area (Å²) in [5.74, 6) is 2.40. The minimum Gasteiger partial charge on any atom is -0.266 e. The average Bonchev–Trinajstić information content (AvgIpc) is 2.13. The number of rotatable bonds is 2. The van der Waals surface area contributed by atoms with Crippen LogP contribution < -0.4 is 5.56 Å². The lowest BCUT2D eigenvalue weighted by Crippen LogP contribution is -2.23. The van der Waals surface area contributed by atoms with Gasteiger partial charge in [-0.15, -0.1) is 12.3 Å². The monoisotopic (exact) mass is 216 g/mol. The summed E-state index contributed by atoms with van der Waals surface area (Å²) in [6, 6.07) is 0. The van der Waals surface area contributed by atoms with E-state index in [4.69, 9.17) is 29.6 Å². The van der Waals surface area contributed by atoms with Gasteiger partial charge in [-0.3, -0.25) is 4.79 Å². The molecule has 0 N–H and O–H groups in total. The number of aryl methyl sites for hydroxylation is 1. The summed E-state index contributed by atoms with van der Waals surface area (Å²) in [5.41, 5.74) is -0.413. The highest BCUT2D eigenvalue weighted by atomic mass is 35.5. The van der Waals surface area contributed by atoms with Crippen LogP contribution in [0.5, 0.6) is 0 Å². The van der Waals surface area contributed by atoms with E-state index in [1.807, 2.05) is 0 Å². The molecular weight excluding hydrogens is 211 g/mol. The van der Waals surface area contributed by atoms with Crippen LogP contribution in [0.1, 0.15) is 6.42 Å². The summed E-state index contributed by atoms with van der Waals surface area (Å²) in [4.78, 5) is 11.3. The van der Waals surface area contributed by atoms with Crippen LogP contribution in [-0.4, -0.2) is 9.78 Å². The third-order valence-corrected chi connectivity index (χ3v) is 2.16. The van der Waals surface area contributed by atoms with Crippen molar-refractivity contribution in [2.45, 2.75) is 13.0 Å². The molecule has 0 unspecified atom stereocenters. The van der Waals surface area contributed by atoms with Crippen molar-refractivity contribution >= 4 is 23.2 Å². The van der Waals surface area contributed by atoms with E-state index >= 15 is 0 Å².